The predicted octanol–water partition coefficient (Wildman–Crippen LogP) is 3.03. The molecule has 1 aromatic heterocycles. The minimum Gasteiger partial charge on any atom is -0.307 e. The molecule has 0 fully saturated rings. The fourth-order valence-corrected chi connectivity index (χ4v) is 2.22. The molecule has 0 atom stereocenters. The molecule has 0 bridgehead atoms. The fraction of sp³-hybridized carbons (Fsp3) is 0.333. The molecule has 2 nitrogen and oxygen atoms in total. The van der Waals surface area contributed by atoms with Gasteiger partial charge in [-0.1, -0.05) is 19.1 Å². The molecular weight excluding hydrogens is 167 g/mol. The van der Waals surface area contributed by atoms with Gasteiger partial charge in [0.25, 0.3) is 0 Å². The lowest BCUT2D eigenvalue weighted by atomic mass is 10.3. The van der Waals surface area contributed by atoms with Crippen LogP contribution in [0.3, 0.4) is 0 Å². The van der Waals surface area contributed by atoms with E-state index in [1.165, 1.54) is 11.9 Å². The van der Waals surface area contributed by atoms with E-state index in [1.807, 2.05) is 6.07 Å². The Balaban J connectivity index is 2.55. The molecule has 0 aliphatic carbocycles. The molecule has 0 aliphatic heterocycles. The van der Waals surface area contributed by atoms with Gasteiger partial charge in [-0.15, -0.1) is 0 Å². The van der Waals surface area contributed by atoms with Crippen LogP contribution in [0.1, 0.15) is 13.3 Å². The number of para-hydroxylation sites is 1. The zero-order valence-electron chi connectivity index (χ0n) is 7.07. The van der Waals surface area contributed by atoms with Crippen molar-refractivity contribution in [1.82, 2.24) is 9.08 Å². The Morgan fingerprint density at radius 2 is 2.25 bits per heavy atom. The van der Waals surface area contributed by atoms with Crippen molar-refractivity contribution in [2.75, 3.05) is 0 Å². The molecule has 62 valence electrons. The molecule has 0 spiro atoms. The third-order valence-corrected chi connectivity index (χ3v) is 2.79. The first-order chi connectivity index (χ1) is 5.92. The van der Waals surface area contributed by atoms with Crippen LogP contribution in [0, 0.1) is 0 Å². The number of benzene rings is 1. The number of aryl methyl sites for hydroxylation is 1. The van der Waals surface area contributed by atoms with Gasteiger partial charge in [0, 0.05) is 6.54 Å². The van der Waals surface area contributed by atoms with E-state index in [1.54, 1.807) is 0 Å². The zero-order valence-corrected chi connectivity index (χ0v) is 7.96. The summed E-state index contributed by atoms with van der Waals surface area (Å²) in [4.78, 5) is 0. The van der Waals surface area contributed by atoms with Crippen LogP contribution in [0.5, 0.6) is 0 Å². The van der Waals surface area contributed by atoms with Crippen LogP contribution in [-0.4, -0.2) is 9.08 Å². The molecule has 1 heterocycles. The summed E-state index contributed by atoms with van der Waals surface area (Å²) in [5.41, 5.74) is 2.41. The Morgan fingerprint density at radius 1 is 1.42 bits per heavy atom. The Bertz CT molecular complexity index is 381. The van der Waals surface area contributed by atoms with E-state index in [-0.39, 0.29) is 0 Å². The van der Waals surface area contributed by atoms with E-state index in [0.717, 1.165) is 20.6 Å². The molecule has 0 amide bonds. The second kappa shape index (κ2) is 3.24. The van der Waals surface area contributed by atoms with E-state index in [2.05, 4.69) is 34.2 Å². The molecule has 0 saturated heterocycles. The zero-order chi connectivity index (χ0) is 8.39. The number of fused-ring (bicyclic) bond motifs is 1. The van der Waals surface area contributed by atoms with Crippen LogP contribution in [0.25, 0.3) is 11.0 Å². The quantitative estimate of drug-likeness (QED) is 0.691. The van der Waals surface area contributed by atoms with Gasteiger partial charge in [-0.3, -0.25) is 0 Å². The number of aromatic nitrogens is 2. The largest absolute Gasteiger partial charge is 0.307 e. The van der Waals surface area contributed by atoms with Crippen molar-refractivity contribution in [3.8, 4) is 0 Å². The monoisotopic (exact) mass is 178 g/mol. The van der Waals surface area contributed by atoms with Crippen molar-refractivity contribution in [3.63, 3.8) is 0 Å². The van der Waals surface area contributed by atoms with Crippen LogP contribution < -0.4 is 0 Å². The number of hydrogen-bond acceptors (Lipinski definition) is 1. The average Bonchev–Trinajstić information content (AvgIpc) is 2.50. The third kappa shape index (κ3) is 1.23. The maximum absolute atomic E-state index is 4.40. The second-order valence-electron chi connectivity index (χ2n) is 2.80. The molecule has 0 unspecified atom stereocenters. The van der Waals surface area contributed by atoms with Gasteiger partial charge >= 0.3 is 0 Å². The van der Waals surface area contributed by atoms with Crippen molar-refractivity contribution in [2.45, 2.75) is 19.9 Å². The highest BCUT2D eigenvalue weighted by atomic mass is 31.1. The van der Waals surface area contributed by atoms with E-state index in [9.17, 15) is 0 Å². The highest BCUT2D eigenvalue weighted by Gasteiger charge is 1.99. The smallest absolute Gasteiger partial charge is 0.133 e. The minimum absolute atomic E-state index is 1.08. The Labute approximate surface area is 73.5 Å². The number of nitrogens with zero attached hydrogens (tertiary/aromatic N) is 2. The van der Waals surface area contributed by atoms with Gasteiger partial charge < -0.3 is 4.33 Å². The lowest BCUT2D eigenvalue weighted by molar-refractivity contribution is 0.752. The van der Waals surface area contributed by atoms with E-state index in [0.29, 0.717) is 0 Å². The van der Waals surface area contributed by atoms with Crippen molar-refractivity contribution >= 4 is 19.5 Å². The highest BCUT2D eigenvalue weighted by Crippen LogP contribution is 2.18. The van der Waals surface area contributed by atoms with E-state index < -0.39 is 0 Å². The first-order valence-corrected chi connectivity index (χ1v) is 5.00. The number of hydrogen-bond donors (Lipinski definition) is 0. The summed E-state index contributed by atoms with van der Waals surface area (Å²) in [6, 6.07) is 8.30. The Morgan fingerprint density at radius 3 is 3.08 bits per heavy atom. The van der Waals surface area contributed by atoms with Gasteiger partial charge in [0.2, 0.25) is 0 Å². The van der Waals surface area contributed by atoms with Crippen molar-refractivity contribution < 1.29 is 0 Å². The summed E-state index contributed by atoms with van der Waals surface area (Å²) in [5.74, 6) is 0. The Hall–Kier alpha value is -0.880. The third-order valence-electron chi connectivity index (χ3n) is 1.86. The van der Waals surface area contributed by atoms with Crippen molar-refractivity contribution in [1.29, 1.82) is 0 Å². The van der Waals surface area contributed by atoms with Gasteiger partial charge in [0.15, 0.2) is 0 Å². The molecule has 0 saturated carbocycles. The van der Waals surface area contributed by atoms with Gasteiger partial charge in [-0.05, 0) is 18.6 Å². The van der Waals surface area contributed by atoms with Crippen LogP contribution in [0.2, 0.25) is 0 Å². The van der Waals surface area contributed by atoms with E-state index >= 15 is 0 Å². The summed E-state index contributed by atoms with van der Waals surface area (Å²) in [5, 5.41) is 0. The van der Waals surface area contributed by atoms with Crippen LogP contribution in [-0.2, 0) is 6.54 Å². The predicted molar refractivity (Wildman–Crippen MR) is 52.5 cm³/mol. The minimum atomic E-state index is 1.08. The van der Waals surface area contributed by atoms with Crippen LogP contribution in [0.15, 0.2) is 24.3 Å². The van der Waals surface area contributed by atoms with Crippen molar-refractivity contribution in [2.24, 2.45) is 0 Å². The lowest BCUT2D eigenvalue weighted by Crippen LogP contribution is -1.89. The summed E-state index contributed by atoms with van der Waals surface area (Å²) < 4.78 is 6.68. The molecule has 1 aromatic carbocycles. The Kier molecular flexibility index (Phi) is 2.09. The van der Waals surface area contributed by atoms with Crippen LogP contribution in [0.4, 0.5) is 0 Å². The van der Waals surface area contributed by atoms with Gasteiger partial charge in [-0.25, -0.2) is 4.75 Å². The maximum Gasteiger partial charge on any atom is 0.133 e. The molecule has 0 aliphatic rings. The summed E-state index contributed by atoms with van der Waals surface area (Å²) in [6.45, 7) is 3.29. The van der Waals surface area contributed by atoms with Gasteiger partial charge in [0.1, 0.15) is 8.51 Å². The normalized spacial score (nSPS) is 11.4. The molecule has 2 aromatic rings. The number of rotatable bonds is 2. The summed E-state index contributed by atoms with van der Waals surface area (Å²) in [6.07, 6.45) is 1.18. The van der Waals surface area contributed by atoms with Crippen LogP contribution >= 0.6 is 8.51 Å². The fourth-order valence-electron chi connectivity index (χ4n) is 1.29. The van der Waals surface area contributed by atoms with Gasteiger partial charge in [-0.2, -0.15) is 0 Å². The second-order valence-corrected chi connectivity index (χ2v) is 3.66. The molecule has 0 N–H and O–H groups in total. The molecule has 12 heavy (non-hydrogen) atoms. The highest BCUT2D eigenvalue weighted by molar-refractivity contribution is 7.21. The first kappa shape index (κ1) is 7.75. The summed E-state index contributed by atoms with van der Waals surface area (Å²) in [7, 11) is 1.08. The molecule has 2 rings (SSSR count). The average molecular weight is 178 g/mol. The van der Waals surface area contributed by atoms with Crippen molar-refractivity contribution in [3.05, 3.63) is 24.3 Å². The standard InChI is InChI=1S/C9H11N2P/c1-2-7-11-9-6-4-3-5-8(9)10-12-11/h3-6H,2,7H2,1H3. The lowest BCUT2D eigenvalue weighted by Gasteiger charge is -1.98. The molecule has 0 radical (unpaired) electrons. The van der Waals surface area contributed by atoms with E-state index in [4.69, 9.17) is 0 Å². The summed E-state index contributed by atoms with van der Waals surface area (Å²) >= 11 is 0. The molecule has 3 heteroatoms. The molecular formula is C9H11N2P. The SMILES string of the molecule is CCCn1pnc2ccccc21. The van der Waals surface area contributed by atoms with Gasteiger partial charge in [0.05, 0.1) is 11.0 Å². The maximum atomic E-state index is 4.40. The first-order valence-electron chi connectivity index (χ1n) is 4.20. The topological polar surface area (TPSA) is 17.8 Å².